The molecule has 4 bridgehead atoms. The van der Waals surface area contributed by atoms with Gasteiger partial charge in [0.1, 0.15) is 17.7 Å². The Morgan fingerprint density at radius 3 is 2.86 bits per heavy atom. The Morgan fingerprint density at radius 2 is 2.09 bits per heavy atom. The molecule has 3 N–H and O–H groups in total. The fourth-order valence-electron chi connectivity index (χ4n) is 5.06. The van der Waals surface area contributed by atoms with Gasteiger partial charge in [0.05, 0.1) is 36.6 Å². The van der Waals surface area contributed by atoms with Crippen molar-refractivity contribution >= 4 is 40.1 Å². The number of rotatable bonds is 2. The fraction of sp³-hybridized carbons (Fsp3) is 0.480. The summed E-state index contributed by atoms with van der Waals surface area (Å²) in [7, 11) is 1.84. The number of benzene rings is 1. The number of amides is 1. The van der Waals surface area contributed by atoms with Crippen LogP contribution in [0.5, 0.6) is 0 Å². The van der Waals surface area contributed by atoms with E-state index in [1.54, 1.807) is 0 Å². The smallest absolute Gasteiger partial charge is 0.328 e. The summed E-state index contributed by atoms with van der Waals surface area (Å²) in [5.74, 6) is 0.626. The number of imidazole rings is 1. The zero-order valence-electron chi connectivity index (χ0n) is 20.3. The first-order valence-corrected chi connectivity index (χ1v) is 12.2. The lowest BCUT2D eigenvalue weighted by molar-refractivity contribution is -0.0324. The van der Waals surface area contributed by atoms with Gasteiger partial charge >= 0.3 is 6.03 Å². The number of nitrogens with zero attached hydrogens (tertiary/aromatic N) is 4. The van der Waals surface area contributed by atoms with Gasteiger partial charge in [0.15, 0.2) is 5.65 Å². The highest BCUT2D eigenvalue weighted by Crippen LogP contribution is 2.32. The van der Waals surface area contributed by atoms with Crippen LogP contribution in [0.4, 0.5) is 27.7 Å². The van der Waals surface area contributed by atoms with Crippen molar-refractivity contribution < 1.29 is 14.3 Å². The van der Waals surface area contributed by atoms with Crippen LogP contribution in [-0.4, -0.2) is 65.1 Å². The minimum atomic E-state index is -0.245. The summed E-state index contributed by atoms with van der Waals surface area (Å²) in [6, 6.07) is 8.07. The average Bonchev–Trinajstić information content (AvgIpc) is 3.24. The number of nitrogens with one attached hydrogen (secondary N) is 3. The Labute approximate surface area is 204 Å². The van der Waals surface area contributed by atoms with Gasteiger partial charge in [0, 0.05) is 37.6 Å². The molecule has 0 unspecified atom stereocenters. The Morgan fingerprint density at radius 1 is 1.20 bits per heavy atom. The SMILES string of the molecule is CNc1cc2nc3c1ncn3C(=O)N[C@@H]1CC[C@H]1OCc1cc(cc(N3CCOC(C)(C)C3)c1)N2. The first kappa shape index (κ1) is 22.1. The quantitative estimate of drug-likeness (QED) is 0.516. The minimum Gasteiger partial charge on any atom is -0.386 e. The maximum Gasteiger partial charge on any atom is 0.328 e. The van der Waals surface area contributed by atoms with E-state index < -0.39 is 0 Å². The van der Waals surface area contributed by atoms with E-state index in [2.05, 4.69) is 57.9 Å². The minimum absolute atomic E-state index is 0.0181. The molecular formula is C25H31N7O3. The van der Waals surface area contributed by atoms with Crippen molar-refractivity contribution in [3.63, 3.8) is 0 Å². The Bertz CT molecular complexity index is 1290. The summed E-state index contributed by atoms with van der Waals surface area (Å²) < 4.78 is 13.7. The Kier molecular flexibility index (Phi) is 5.30. The highest BCUT2D eigenvalue weighted by molar-refractivity contribution is 5.94. The van der Waals surface area contributed by atoms with Crippen molar-refractivity contribution in [1.29, 1.82) is 0 Å². The van der Waals surface area contributed by atoms with Crippen LogP contribution in [0.2, 0.25) is 0 Å². The molecule has 0 spiro atoms. The molecule has 2 fully saturated rings. The van der Waals surface area contributed by atoms with Crippen molar-refractivity contribution in [3.05, 3.63) is 36.2 Å². The third kappa shape index (κ3) is 4.17. The largest absolute Gasteiger partial charge is 0.386 e. The summed E-state index contributed by atoms with van der Waals surface area (Å²) in [4.78, 5) is 24.6. The van der Waals surface area contributed by atoms with Gasteiger partial charge in [-0.1, -0.05) is 0 Å². The van der Waals surface area contributed by atoms with E-state index in [4.69, 9.17) is 14.5 Å². The lowest BCUT2D eigenvalue weighted by atomic mass is 9.89. The van der Waals surface area contributed by atoms with E-state index in [0.717, 1.165) is 48.6 Å². The number of hydrogen-bond donors (Lipinski definition) is 3. The molecule has 2 aromatic heterocycles. The number of morpholine rings is 1. The normalized spacial score (nSPS) is 23.6. The second-order valence-corrected chi connectivity index (χ2v) is 10.1. The van der Waals surface area contributed by atoms with Crippen LogP contribution in [0.25, 0.3) is 11.2 Å². The zero-order valence-corrected chi connectivity index (χ0v) is 20.3. The molecule has 3 aliphatic rings. The van der Waals surface area contributed by atoms with E-state index >= 15 is 0 Å². The van der Waals surface area contributed by atoms with Gasteiger partial charge in [-0.15, -0.1) is 0 Å². The van der Waals surface area contributed by atoms with Crippen LogP contribution >= 0.6 is 0 Å². The Balaban J connectivity index is 1.44. The van der Waals surface area contributed by atoms with Gasteiger partial charge in [0.2, 0.25) is 0 Å². The average molecular weight is 478 g/mol. The molecule has 1 aromatic carbocycles. The molecule has 1 saturated heterocycles. The summed E-state index contributed by atoms with van der Waals surface area (Å²) in [6.07, 6.45) is 3.32. The van der Waals surface area contributed by atoms with E-state index in [0.29, 0.717) is 30.2 Å². The maximum atomic E-state index is 13.0. The monoisotopic (exact) mass is 477 g/mol. The van der Waals surface area contributed by atoms with Gasteiger partial charge in [-0.3, -0.25) is 0 Å². The molecule has 3 aromatic rings. The molecule has 0 radical (unpaired) electrons. The van der Waals surface area contributed by atoms with Gasteiger partial charge in [0.25, 0.3) is 0 Å². The summed E-state index contributed by atoms with van der Waals surface area (Å²) >= 11 is 0. The fourth-order valence-corrected chi connectivity index (χ4v) is 5.06. The number of hydrogen-bond acceptors (Lipinski definition) is 8. The first-order valence-electron chi connectivity index (χ1n) is 12.2. The van der Waals surface area contributed by atoms with Crippen LogP contribution in [0.1, 0.15) is 32.3 Å². The van der Waals surface area contributed by atoms with Gasteiger partial charge in [-0.25, -0.2) is 19.3 Å². The molecule has 10 heteroatoms. The molecule has 1 saturated carbocycles. The molecule has 1 aliphatic carbocycles. The number of carbonyl (C=O) groups is 1. The predicted octanol–water partition coefficient (Wildman–Crippen LogP) is 3.45. The molecule has 2 aliphatic heterocycles. The number of anilines is 4. The summed E-state index contributed by atoms with van der Waals surface area (Å²) in [5.41, 5.74) is 4.84. The summed E-state index contributed by atoms with van der Waals surface area (Å²) in [6.45, 7) is 7.04. The van der Waals surface area contributed by atoms with Gasteiger partial charge < -0.3 is 30.3 Å². The zero-order chi connectivity index (χ0) is 24.2. The lowest BCUT2D eigenvalue weighted by Gasteiger charge is -2.40. The number of fused-ring (bicyclic) bond motifs is 4. The summed E-state index contributed by atoms with van der Waals surface area (Å²) in [5, 5.41) is 9.74. The van der Waals surface area contributed by atoms with Crippen molar-refractivity contribution in [3.8, 4) is 0 Å². The molecule has 6 rings (SSSR count). The van der Waals surface area contributed by atoms with Gasteiger partial charge in [-0.2, -0.15) is 0 Å². The van der Waals surface area contributed by atoms with Crippen LogP contribution in [0.3, 0.4) is 0 Å². The third-order valence-electron chi connectivity index (χ3n) is 7.02. The van der Waals surface area contributed by atoms with E-state index in [-0.39, 0.29) is 23.8 Å². The van der Waals surface area contributed by atoms with Crippen LogP contribution in [0, 0.1) is 0 Å². The number of carbonyl (C=O) groups excluding carboxylic acids is 1. The molecule has 10 nitrogen and oxygen atoms in total. The standard InChI is InChI=1S/C25H31N7O3/c1-25(2)13-31(6-7-35-25)17-9-15-8-16(10-17)28-21-11-19(26-3)22-23(30-21)32(14-27-22)24(33)29-18-4-5-20(18)34-12-15/h8-11,14,18,20H,4-7,12-13H2,1-3H3,(H,29,33)(H2,26,28,30)/t18-,20-/m1/s1. The topological polar surface area (TPSA) is 106 Å². The highest BCUT2D eigenvalue weighted by atomic mass is 16.5. The molecule has 1 amide bonds. The number of aromatic nitrogens is 3. The van der Waals surface area contributed by atoms with Crippen molar-refractivity contribution in [2.24, 2.45) is 0 Å². The second-order valence-electron chi connectivity index (χ2n) is 10.1. The molecule has 35 heavy (non-hydrogen) atoms. The van der Waals surface area contributed by atoms with Crippen LogP contribution in [0.15, 0.2) is 30.6 Å². The Hall–Kier alpha value is -3.37. The molecule has 184 valence electrons. The third-order valence-corrected chi connectivity index (χ3v) is 7.02. The van der Waals surface area contributed by atoms with Crippen LogP contribution in [-0.2, 0) is 16.1 Å². The molecule has 4 heterocycles. The highest BCUT2D eigenvalue weighted by Gasteiger charge is 2.34. The second kappa shape index (κ2) is 8.39. The van der Waals surface area contributed by atoms with E-state index in [9.17, 15) is 4.79 Å². The van der Waals surface area contributed by atoms with E-state index in [1.807, 2.05) is 13.1 Å². The van der Waals surface area contributed by atoms with Crippen molar-refractivity contribution in [2.45, 2.75) is 51.0 Å². The van der Waals surface area contributed by atoms with E-state index in [1.165, 1.54) is 10.9 Å². The molecular weight excluding hydrogens is 446 g/mol. The predicted molar refractivity (Wildman–Crippen MR) is 135 cm³/mol. The molecule has 2 atom stereocenters. The maximum absolute atomic E-state index is 13.0. The number of pyridine rings is 1. The van der Waals surface area contributed by atoms with Crippen molar-refractivity contribution in [2.75, 3.05) is 42.3 Å². The lowest BCUT2D eigenvalue weighted by Crippen LogP contribution is -2.52. The van der Waals surface area contributed by atoms with Crippen LogP contribution < -0.4 is 20.9 Å². The van der Waals surface area contributed by atoms with Gasteiger partial charge in [-0.05, 0) is 50.5 Å². The number of ether oxygens (including phenoxy) is 2. The van der Waals surface area contributed by atoms with Crippen molar-refractivity contribution in [1.82, 2.24) is 19.9 Å². The first-order chi connectivity index (χ1) is 16.9.